The zero-order valence-electron chi connectivity index (χ0n) is 13.6. The number of carbonyl (C=O) groups is 1. The molecule has 3 heterocycles. The number of sulfonamides is 1. The Morgan fingerprint density at radius 3 is 2.76 bits per heavy atom. The van der Waals surface area contributed by atoms with Crippen LogP contribution in [0.3, 0.4) is 0 Å². The largest absolute Gasteiger partial charge is 0.361 e. The number of hydrogen-bond acceptors (Lipinski definition) is 6. The van der Waals surface area contributed by atoms with E-state index in [-0.39, 0.29) is 23.1 Å². The fourth-order valence-electron chi connectivity index (χ4n) is 2.71. The minimum Gasteiger partial charge on any atom is -0.361 e. The van der Waals surface area contributed by atoms with Crippen LogP contribution in [0, 0.1) is 6.92 Å². The molecule has 2 aromatic rings. The Morgan fingerprint density at radius 1 is 1.32 bits per heavy atom. The Morgan fingerprint density at radius 2 is 2.12 bits per heavy atom. The van der Waals surface area contributed by atoms with Crippen LogP contribution in [0.15, 0.2) is 26.9 Å². The second-order valence-electron chi connectivity index (χ2n) is 5.81. The predicted molar refractivity (Wildman–Crippen MR) is 94.2 cm³/mol. The second kappa shape index (κ2) is 7.45. The Bertz CT molecular complexity index is 862. The smallest absolute Gasteiger partial charge is 0.252 e. The van der Waals surface area contributed by atoms with Crippen LogP contribution in [0.2, 0.25) is 4.34 Å². The first-order chi connectivity index (χ1) is 11.9. The maximum absolute atomic E-state index is 12.7. The van der Waals surface area contributed by atoms with Crippen LogP contribution in [-0.4, -0.2) is 54.9 Å². The lowest BCUT2D eigenvalue weighted by Gasteiger charge is -2.21. The summed E-state index contributed by atoms with van der Waals surface area (Å²) in [6.45, 7) is 3.30. The molecule has 7 nitrogen and oxygen atoms in total. The van der Waals surface area contributed by atoms with Gasteiger partial charge in [0.2, 0.25) is 5.91 Å². The molecule has 0 spiro atoms. The summed E-state index contributed by atoms with van der Waals surface area (Å²) in [5, 5.41) is 3.77. The van der Waals surface area contributed by atoms with Gasteiger partial charge in [0.1, 0.15) is 9.97 Å². The SMILES string of the molecule is Cc1cc(CC(=O)N2CCCN(S(=O)(=O)c3ccc(Cl)s3)CC2)on1. The Kier molecular flexibility index (Phi) is 5.47. The Hall–Kier alpha value is -1.42. The first-order valence-corrected chi connectivity index (χ1v) is 10.4. The average Bonchev–Trinajstić information content (AvgIpc) is 3.08. The van der Waals surface area contributed by atoms with Gasteiger partial charge in [-0.3, -0.25) is 4.79 Å². The molecular weight excluding hydrogens is 386 g/mol. The molecule has 0 aliphatic carbocycles. The van der Waals surface area contributed by atoms with E-state index in [0.29, 0.717) is 36.2 Å². The van der Waals surface area contributed by atoms with Crippen LogP contribution in [-0.2, 0) is 21.2 Å². The molecule has 1 amide bonds. The minimum atomic E-state index is -3.57. The molecule has 10 heteroatoms. The van der Waals surface area contributed by atoms with Crippen molar-refractivity contribution in [3.8, 4) is 0 Å². The van der Waals surface area contributed by atoms with E-state index < -0.39 is 10.0 Å². The zero-order valence-corrected chi connectivity index (χ0v) is 16.0. The van der Waals surface area contributed by atoms with Gasteiger partial charge in [0.15, 0.2) is 0 Å². The third-order valence-electron chi connectivity index (χ3n) is 3.95. The summed E-state index contributed by atoms with van der Waals surface area (Å²) in [5.74, 6) is 0.430. The summed E-state index contributed by atoms with van der Waals surface area (Å²) in [5.41, 5.74) is 0.727. The third kappa shape index (κ3) is 4.22. The maximum Gasteiger partial charge on any atom is 0.252 e. The Labute approximate surface area is 155 Å². The molecule has 1 fully saturated rings. The number of nitrogens with zero attached hydrogens (tertiary/aromatic N) is 3. The van der Waals surface area contributed by atoms with Crippen LogP contribution < -0.4 is 0 Å². The monoisotopic (exact) mass is 403 g/mol. The van der Waals surface area contributed by atoms with Gasteiger partial charge in [0.05, 0.1) is 16.5 Å². The van der Waals surface area contributed by atoms with E-state index in [2.05, 4.69) is 5.16 Å². The van der Waals surface area contributed by atoms with Gasteiger partial charge >= 0.3 is 0 Å². The quantitative estimate of drug-likeness (QED) is 0.781. The van der Waals surface area contributed by atoms with Gasteiger partial charge in [-0.25, -0.2) is 8.42 Å². The molecule has 0 unspecified atom stereocenters. The standard InChI is InChI=1S/C15H18ClN3O4S2/c1-11-9-12(23-17-11)10-14(20)18-5-2-6-19(8-7-18)25(21,22)15-4-3-13(16)24-15/h3-4,9H,2,5-8,10H2,1H3. The molecule has 3 rings (SSSR count). The maximum atomic E-state index is 12.7. The van der Waals surface area contributed by atoms with E-state index in [1.165, 1.54) is 10.4 Å². The number of thiophene rings is 1. The molecule has 1 saturated heterocycles. The molecule has 0 radical (unpaired) electrons. The van der Waals surface area contributed by atoms with E-state index in [1.54, 1.807) is 24.0 Å². The summed E-state index contributed by atoms with van der Waals surface area (Å²) >= 11 is 6.89. The van der Waals surface area contributed by atoms with Crippen LogP contribution in [0.25, 0.3) is 0 Å². The van der Waals surface area contributed by atoms with Crippen LogP contribution in [0.5, 0.6) is 0 Å². The number of carbonyl (C=O) groups excluding carboxylic acids is 1. The molecular formula is C15H18ClN3O4S2. The van der Waals surface area contributed by atoms with Gasteiger partial charge in [-0.15, -0.1) is 11.3 Å². The number of amides is 1. The second-order valence-corrected chi connectivity index (χ2v) is 9.69. The van der Waals surface area contributed by atoms with Gasteiger partial charge < -0.3 is 9.42 Å². The van der Waals surface area contributed by atoms with E-state index in [0.717, 1.165) is 17.0 Å². The van der Waals surface area contributed by atoms with Gasteiger partial charge in [-0.1, -0.05) is 16.8 Å². The normalized spacial score (nSPS) is 16.8. The average molecular weight is 404 g/mol. The molecule has 0 aromatic carbocycles. The van der Waals surface area contributed by atoms with Gasteiger partial charge in [-0.2, -0.15) is 4.31 Å². The molecule has 136 valence electrons. The van der Waals surface area contributed by atoms with E-state index in [9.17, 15) is 13.2 Å². The van der Waals surface area contributed by atoms with Crippen molar-refractivity contribution in [1.29, 1.82) is 0 Å². The highest BCUT2D eigenvalue weighted by Crippen LogP contribution is 2.28. The first-order valence-electron chi connectivity index (χ1n) is 7.82. The van der Waals surface area contributed by atoms with Crippen LogP contribution >= 0.6 is 22.9 Å². The van der Waals surface area contributed by atoms with Crippen molar-refractivity contribution in [2.75, 3.05) is 26.2 Å². The zero-order chi connectivity index (χ0) is 18.0. The van der Waals surface area contributed by atoms with Gasteiger partial charge in [-0.05, 0) is 25.5 Å². The lowest BCUT2D eigenvalue weighted by atomic mass is 10.2. The lowest BCUT2D eigenvalue weighted by molar-refractivity contribution is -0.130. The van der Waals surface area contributed by atoms with Gasteiger partial charge in [0.25, 0.3) is 10.0 Å². The van der Waals surface area contributed by atoms with Crippen molar-refractivity contribution < 1.29 is 17.7 Å². The fraction of sp³-hybridized carbons (Fsp3) is 0.467. The molecule has 25 heavy (non-hydrogen) atoms. The molecule has 0 bridgehead atoms. The summed E-state index contributed by atoms with van der Waals surface area (Å²) < 4.78 is 32.5. The van der Waals surface area contributed by atoms with Crippen molar-refractivity contribution >= 4 is 38.9 Å². The molecule has 2 aromatic heterocycles. The number of aromatic nitrogens is 1. The highest BCUT2D eigenvalue weighted by Gasteiger charge is 2.29. The number of aryl methyl sites for hydroxylation is 1. The van der Waals surface area contributed by atoms with Gasteiger partial charge in [0, 0.05) is 32.2 Å². The number of hydrogen-bond donors (Lipinski definition) is 0. The van der Waals surface area contributed by atoms with E-state index in [4.69, 9.17) is 16.1 Å². The fourth-order valence-corrected chi connectivity index (χ4v) is 5.81. The van der Waals surface area contributed by atoms with E-state index >= 15 is 0 Å². The Balaban J connectivity index is 1.65. The van der Waals surface area contributed by atoms with Crippen LogP contribution in [0.1, 0.15) is 17.9 Å². The van der Waals surface area contributed by atoms with Crippen molar-refractivity contribution in [2.45, 2.75) is 24.0 Å². The lowest BCUT2D eigenvalue weighted by Crippen LogP contribution is -2.37. The van der Waals surface area contributed by atoms with Crippen molar-refractivity contribution in [3.63, 3.8) is 0 Å². The topological polar surface area (TPSA) is 83.7 Å². The predicted octanol–water partition coefficient (Wildman–Crippen LogP) is 2.16. The molecule has 0 atom stereocenters. The number of rotatable bonds is 4. The summed E-state index contributed by atoms with van der Waals surface area (Å²) in [6.07, 6.45) is 0.716. The molecule has 0 saturated carbocycles. The van der Waals surface area contributed by atoms with E-state index in [1.807, 2.05) is 0 Å². The van der Waals surface area contributed by atoms with Crippen molar-refractivity contribution in [1.82, 2.24) is 14.4 Å². The molecule has 0 N–H and O–H groups in total. The highest BCUT2D eigenvalue weighted by atomic mass is 35.5. The van der Waals surface area contributed by atoms with Crippen molar-refractivity contribution in [2.24, 2.45) is 0 Å². The highest BCUT2D eigenvalue weighted by molar-refractivity contribution is 7.91. The van der Waals surface area contributed by atoms with Crippen LogP contribution in [0.4, 0.5) is 0 Å². The third-order valence-corrected chi connectivity index (χ3v) is 7.55. The molecule has 1 aliphatic heterocycles. The first kappa shape index (κ1) is 18.4. The summed E-state index contributed by atoms with van der Waals surface area (Å²) in [4.78, 5) is 14.1. The minimum absolute atomic E-state index is 0.0884. The number of halogens is 1. The molecule has 1 aliphatic rings. The van der Waals surface area contributed by atoms with Crippen molar-refractivity contribution in [3.05, 3.63) is 34.0 Å². The summed E-state index contributed by atoms with van der Waals surface area (Å²) in [7, 11) is -3.57. The summed E-state index contributed by atoms with van der Waals surface area (Å²) in [6, 6.07) is 4.82.